The van der Waals surface area contributed by atoms with Crippen LogP contribution in [0.3, 0.4) is 0 Å². The van der Waals surface area contributed by atoms with Crippen LogP contribution in [0.25, 0.3) is 0 Å². The molecule has 0 aliphatic carbocycles. The molecular weight excluding hydrogens is 214 g/mol. The molecule has 1 fully saturated rings. The topological polar surface area (TPSA) is 61.4 Å². The molecule has 0 saturated carbocycles. The van der Waals surface area contributed by atoms with Crippen molar-refractivity contribution in [3.8, 4) is 0 Å². The summed E-state index contributed by atoms with van der Waals surface area (Å²) < 4.78 is 10.8. The lowest BCUT2D eigenvalue weighted by molar-refractivity contribution is -0.122. The van der Waals surface area contributed by atoms with Crippen LogP contribution >= 0.6 is 0 Å². The van der Waals surface area contributed by atoms with Crippen molar-refractivity contribution in [2.24, 2.45) is 0 Å². The molecule has 88 valence electrons. The van der Waals surface area contributed by atoms with Gasteiger partial charge in [-0.2, -0.15) is 0 Å². The first-order valence-electron chi connectivity index (χ1n) is 5.18. The highest BCUT2D eigenvalue weighted by molar-refractivity contribution is 7.84. The van der Waals surface area contributed by atoms with Gasteiger partial charge in [0, 0.05) is 55.5 Å². The molecule has 0 spiro atoms. The third-order valence-electron chi connectivity index (χ3n) is 2.29. The van der Waals surface area contributed by atoms with Crippen LogP contribution in [-0.2, 0) is 15.6 Å². The number of carbonyl (C=O) groups is 1. The first-order valence-corrected chi connectivity index (χ1v) is 6.91. The number of hydrogen-bond donors (Lipinski definition) is 2. The van der Waals surface area contributed by atoms with Crippen LogP contribution in [0.5, 0.6) is 0 Å². The molecule has 1 heterocycles. The summed E-state index contributed by atoms with van der Waals surface area (Å²) in [7, 11) is -0.827. The second-order valence-corrected chi connectivity index (χ2v) is 5.21. The smallest absolute Gasteiger partial charge is 0.234 e. The highest BCUT2D eigenvalue weighted by atomic mass is 32.2. The molecule has 0 aromatic carbocycles. The van der Waals surface area contributed by atoms with Gasteiger partial charge in [-0.1, -0.05) is 0 Å². The molecule has 5 nitrogen and oxygen atoms in total. The Morgan fingerprint density at radius 1 is 1.47 bits per heavy atom. The summed E-state index contributed by atoms with van der Waals surface area (Å²) >= 11 is 0. The minimum absolute atomic E-state index is 0.0300. The molecule has 0 bridgehead atoms. The molecule has 1 atom stereocenters. The zero-order chi connectivity index (χ0) is 11.1. The van der Waals surface area contributed by atoms with Gasteiger partial charge in [0.1, 0.15) is 0 Å². The third-order valence-corrected chi connectivity index (χ3v) is 3.07. The van der Waals surface area contributed by atoms with Crippen LogP contribution in [0, 0.1) is 0 Å². The average molecular weight is 233 g/mol. The lowest BCUT2D eigenvalue weighted by atomic mass is 10.3. The van der Waals surface area contributed by atoms with Crippen LogP contribution < -0.4 is 10.6 Å². The largest absolute Gasteiger partial charge is 0.354 e. The molecule has 2 N–H and O–H groups in total. The zero-order valence-corrected chi connectivity index (χ0v) is 9.94. The predicted octanol–water partition coefficient (Wildman–Crippen LogP) is -1.61. The Bertz CT molecular complexity index is 229. The highest BCUT2D eigenvalue weighted by Gasteiger charge is 2.12. The standard InChI is InChI=1S/C9H19N3O2S/c1-15(14)7-4-11-9(13)8-12-5-2-10-3-6-12/h10H,2-8H2,1H3,(H,11,13). The van der Waals surface area contributed by atoms with Crippen molar-refractivity contribution in [1.29, 1.82) is 0 Å². The molecule has 1 amide bonds. The van der Waals surface area contributed by atoms with Crippen molar-refractivity contribution < 1.29 is 9.00 Å². The maximum absolute atomic E-state index is 11.4. The van der Waals surface area contributed by atoms with E-state index in [1.807, 2.05) is 0 Å². The van der Waals surface area contributed by atoms with Crippen molar-refractivity contribution in [2.75, 3.05) is 51.3 Å². The average Bonchev–Trinajstić information content (AvgIpc) is 2.18. The van der Waals surface area contributed by atoms with Crippen LogP contribution in [-0.4, -0.2) is 66.3 Å². The van der Waals surface area contributed by atoms with Gasteiger partial charge in [0.15, 0.2) is 0 Å². The number of nitrogens with one attached hydrogen (secondary N) is 2. The van der Waals surface area contributed by atoms with Crippen molar-refractivity contribution in [1.82, 2.24) is 15.5 Å². The quantitative estimate of drug-likeness (QED) is 0.599. The van der Waals surface area contributed by atoms with Gasteiger partial charge in [-0.25, -0.2) is 0 Å². The number of amides is 1. The first-order chi connectivity index (χ1) is 7.18. The summed E-state index contributed by atoms with van der Waals surface area (Å²) in [6.45, 7) is 4.71. The number of nitrogens with zero attached hydrogens (tertiary/aromatic N) is 1. The SMILES string of the molecule is CS(=O)CCNC(=O)CN1CCNCC1. The van der Waals surface area contributed by atoms with E-state index in [2.05, 4.69) is 15.5 Å². The monoisotopic (exact) mass is 233 g/mol. The van der Waals surface area contributed by atoms with Crippen LogP contribution in [0.4, 0.5) is 0 Å². The third kappa shape index (κ3) is 5.86. The van der Waals surface area contributed by atoms with Gasteiger partial charge in [-0.15, -0.1) is 0 Å². The van der Waals surface area contributed by atoms with Gasteiger partial charge in [0.25, 0.3) is 0 Å². The fourth-order valence-electron chi connectivity index (χ4n) is 1.46. The molecular formula is C9H19N3O2S. The molecule has 6 heteroatoms. The Kier molecular flexibility index (Phi) is 5.82. The van der Waals surface area contributed by atoms with Gasteiger partial charge < -0.3 is 10.6 Å². The Labute approximate surface area is 93.0 Å². The molecule has 0 aromatic heterocycles. The summed E-state index contributed by atoms with van der Waals surface area (Å²) in [6.07, 6.45) is 1.64. The Morgan fingerprint density at radius 3 is 2.73 bits per heavy atom. The van der Waals surface area contributed by atoms with Crippen LogP contribution in [0.1, 0.15) is 0 Å². The second-order valence-electron chi connectivity index (χ2n) is 3.65. The molecule has 1 unspecified atom stereocenters. The van der Waals surface area contributed by atoms with Gasteiger partial charge in [0.2, 0.25) is 5.91 Å². The van der Waals surface area contributed by atoms with E-state index in [0.29, 0.717) is 18.8 Å². The van der Waals surface area contributed by atoms with Crippen molar-refractivity contribution >= 4 is 16.7 Å². The first kappa shape index (κ1) is 12.6. The number of hydrogen-bond acceptors (Lipinski definition) is 4. The normalized spacial score (nSPS) is 19.8. The molecule has 1 rings (SSSR count). The van der Waals surface area contributed by atoms with E-state index in [0.717, 1.165) is 26.2 Å². The highest BCUT2D eigenvalue weighted by Crippen LogP contribution is 1.90. The minimum atomic E-state index is -0.827. The Balaban J connectivity index is 2.09. The van der Waals surface area contributed by atoms with E-state index in [1.54, 1.807) is 6.26 Å². The van der Waals surface area contributed by atoms with E-state index in [1.165, 1.54) is 0 Å². The molecule has 0 radical (unpaired) electrons. The zero-order valence-electron chi connectivity index (χ0n) is 9.12. The summed E-state index contributed by atoms with van der Waals surface area (Å²) in [5.41, 5.74) is 0. The summed E-state index contributed by atoms with van der Waals surface area (Å²) in [6, 6.07) is 0. The maximum atomic E-state index is 11.4. The predicted molar refractivity (Wildman–Crippen MR) is 61.3 cm³/mol. The maximum Gasteiger partial charge on any atom is 0.234 e. The van der Waals surface area contributed by atoms with Crippen molar-refractivity contribution in [3.63, 3.8) is 0 Å². The lowest BCUT2D eigenvalue weighted by Crippen LogP contribution is -2.47. The van der Waals surface area contributed by atoms with E-state index in [9.17, 15) is 9.00 Å². The molecule has 1 saturated heterocycles. The molecule has 15 heavy (non-hydrogen) atoms. The van der Waals surface area contributed by atoms with E-state index in [-0.39, 0.29) is 5.91 Å². The van der Waals surface area contributed by atoms with Gasteiger partial charge in [-0.05, 0) is 0 Å². The summed E-state index contributed by atoms with van der Waals surface area (Å²) in [5.74, 6) is 0.565. The molecule has 0 aromatic rings. The van der Waals surface area contributed by atoms with Gasteiger partial charge >= 0.3 is 0 Å². The van der Waals surface area contributed by atoms with Gasteiger partial charge in [0.05, 0.1) is 6.54 Å². The molecule has 1 aliphatic rings. The summed E-state index contributed by atoms with van der Waals surface area (Å²) in [5, 5.41) is 6.00. The number of rotatable bonds is 5. The van der Waals surface area contributed by atoms with E-state index < -0.39 is 10.8 Å². The van der Waals surface area contributed by atoms with Crippen LogP contribution in [0.2, 0.25) is 0 Å². The van der Waals surface area contributed by atoms with Crippen molar-refractivity contribution in [2.45, 2.75) is 0 Å². The second kappa shape index (κ2) is 6.92. The minimum Gasteiger partial charge on any atom is -0.354 e. The van der Waals surface area contributed by atoms with Crippen LogP contribution in [0.15, 0.2) is 0 Å². The lowest BCUT2D eigenvalue weighted by Gasteiger charge is -2.26. The number of piperazine rings is 1. The number of carbonyl (C=O) groups excluding carboxylic acids is 1. The Hall–Kier alpha value is -0.460. The fourth-order valence-corrected chi connectivity index (χ4v) is 1.85. The molecule has 1 aliphatic heterocycles. The van der Waals surface area contributed by atoms with Gasteiger partial charge in [-0.3, -0.25) is 13.9 Å². The summed E-state index contributed by atoms with van der Waals surface area (Å²) in [4.78, 5) is 13.5. The van der Waals surface area contributed by atoms with E-state index in [4.69, 9.17) is 0 Å². The van der Waals surface area contributed by atoms with E-state index >= 15 is 0 Å². The Morgan fingerprint density at radius 2 is 2.13 bits per heavy atom. The van der Waals surface area contributed by atoms with Crippen molar-refractivity contribution in [3.05, 3.63) is 0 Å². The fraction of sp³-hybridized carbons (Fsp3) is 0.889.